The molecule has 3 nitrogen and oxygen atoms in total. The molecule has 0 aliphatic heterocycles. The number of rotatable bonds is 0. The summed E-state index contributed by atoms with van der Waals surface area (Å²) in [6.45, 7) is 0. The molecule has 0 saturated heterocycles. The maximum atomic E-state index is 9.74. The molecule has 0 N–H and O–H groups in total. The van der Waals surface area contributed by atoms with Gasteiger partial charge in [0.25, 0.3) is 0 Å². The van der Waals surface area contributed by atoms with Crippen molar-refractivity contribution in [3.8, 4) is 0 Å². The fourth-order valence-electron chi connectivity index (χ4n) is 0.0833. The predicted octanol–water partition coefficient (Wildman–Crippen LogP) is 0.0184. The lowest BCUT2D eigenvalue weighted by molar-refractivity contribution is 0.0924. The third-order valence-corrected chi connectivity index (χ3v) is 0.333. The van der Waals surface area contributed by atoms with E-state index in [1.807, 2.05) is 0 Å². The van der Waals surface area contributed by atoms with Crippen LogP contribution in [0.2, 0.25) is 0 Å². The summed E-state index contributed by atoms with van der Waals surface area (Å²) < 4.78 is 8.08. The van der Waals surface area contributed by atoms with E-state index in [0.717, 1.165) is 0 Å². The van der Waals surface area contributed by atoms with E-state index in [9.17, 15) is 4.79 Å². The zero-order chi connectivity index (χ0) is 4.99. The Morgan fingerprint density at radius 2 is 1.57 bits per heavy atom. The van der Waals surface area contributed by atoms with E-state index in [1.165, 1.54) is 14.2 Å². The molecule has 0 aromatic heterocycles. The Labute approximate surface area is 58.1 Å². The fraction of sp³-hybridized carbons (Fsp3) is 0.667. The molecule has 0 amide bonds. The second kappa shape index (κ2) is 6.04. The van der Waals surface area contributed by atoms with Gasteiger partial charge < -0.3 is 9.47 Å². The van der Waals surface area contributed by atoms with Gasteiger partial charge in [-0.2, -0.15) is 0 Å². The van der Waals surface area contributed by atoms with E-state index < -0.39 is 6.16 Å². The highest BCUT2D eigenvalue weighted by atomic mass is 24.3. The Morgan fingerprint density at radius 1 is 1.29 bits per heavy atom. The number of ether oxygens (including phenoxy) is 2. The van der Waals surface area contributed by atoms with Crippen molar-refractivity contribution in [2.45, 2.75) is 0 Å². The van der Waals surface area contributed by atoms with Crippen LogP contribution < -0.4 is 0 Å². The van der Waals surface area contributed by atoms with E-state index in [4.69, 9.17) is 0 Å². The van der Waals surface area contributed by atoms with Gasteiger partial charge in [0, 0.05) is 23.1 Å². The molecule has 2 radical (unpaired) electrons. The van der Waals surface area contributed by atoms with Crippen molar-refractivity contribution in [2.24, 2.45) is 0 Å². The van der Waals surface area contributed by atoms with Crippen LogP contribution in [0.1, 0.15) is 0 Å². The first-order valence-corrected chi connectivity index (χ1v) is 1.43. The largest absolute Gasteiger partial charge is 0.507 e. The van der Waals surface area contributed by atoms with E-state index in [0.29, 0.717) is 0 Å². The molecule has 4 heteroatoms. The normalized spacial score (nSPS) is 6.00. The summed E-state index contributed by atoms with van der Waals surface area (Å²) in [6.07, 6.45) is -0.657. The average Bonchev–Trinajstić information content (AvgIpc) is 1.65. The molecule has 0 saturated carbocycles. The molecule has 0 fully saturated rings. The molecule has 0 rings (SSSR count). The lowest BCUT2D eigenvalue weighted by Crippen LogP contribution is -1.97. The van der Waals surface area contributed by atoms with Gasteiger partial charge in [0.2, 0.25) is 0 Å². The number of carbonyl (C=O) groups excluding carboxylic acids is 1. The topological polar surface area (TPSA) is 35.5 Å². The van der Waals surface area contributed by atoms with Gasteiger partial charge in [0.05, 0.1) is 14.2 Å². The molecule has 0 heterocycles. The van der Waals surface area contributed by atoms with Gasteiger partial charge in [0.15, 0.2) is 0 Å². The summed E-state index contributed by atoms with van der Waals surface area (Å²) in [5, 5.41) is 0. The third kappa shape index (κ3) is 6.04. The van der Waals surface area contributed by atoms with Crippen LogP contribution in [0.5, 0.6) is 0 Å². The average molecular weight is 114 g/mol. The van der Waals surface area contributed by atoms with Crippen molar-refractivity contribution in [3.63, 3.8) is 0 Å². The van der Waals surface area contributed by atoms with E-state index in [2.05, 4.69) is 9.47 Å². The second-order valence-electron chi connectivity index (χ2n) is 0.658. The van der Waals surface area contributed by atoms with Gasteiger partial charge in [-0.15, -0.1) is 0 Å². The monoisotopic (exact) mass is 114 g/mol. The van der Waals surface area contributed by atoms with Crippen molar-refractivity contribution >= 4 is 29.2 Å². The molecule has 0 bridgehead atoms. The van der Waals surface area contributed by atoms with Gasteiger partial charge >= 0.3 is 6.16 Å². The molecule has 0 aromatic carbocycles. The Kier molecular flexibility index (Phi) is 8.72. The third-order valence-electron chi connectivity index (χ3n) is 0.333. The van der Waals surface area contributed by atoms with Crippen LogP contribution in [-0.2, 0) is 9.47 Å². The zero-order valence-corrected chi connectivity index (χ0v) is 5.85. The second-order valence-corrected chi connectivity index (χ2v) is 0.658. The summed E-state index contributed by atoms with van der Waals surface area (Å²) >= 11 is 0. The molecule has 0 aliphatic carbocycles. The Morgan fingerprint density at radius 3 is 1.57 bits per heavy atom. The zero-order valence-electron chi connectivity index (χ0n) is 4.43. The Hall–Kier alpha value is 0.0362. The van der Waals surface area contributed by atoms with E-state index >= 15 is 0 Å². The van der Waals surface area contributed by atoms with Crippen LogP contribution in [0.15, 0.2) is 0 Å². The van der Waals surface area contributed by atoms with Crippen molar-refractivity contribution in [1.82, 2.24) is 0 Å². The van der Waals surface area contributed by atoms with Crippen LogP contribution in [0.4, 0.5) is 4.79 Å². The highest BCUT2D eigenvalue weighted by Crippen LogP contribution is 1.72. The van der Waals surface area contributed by atoms with Gasteiger partial charge in [-0.1, -0.05) is 0 Å². The van der Waals surface area contributed by atoms with Gasteiger partial charge in [-0.05, 0) is 0 Å². The number of hydrogen-bond acceptors (Lipinski definition) is 3. The van der Waals surface area contributed by atoms with E-state index in [1.54, 1.807) is 0 Å². The molecular formula is C3H6MgO3. The minimum atomic E-state index is -0.657. The minimum Gasteiger partial charge on any atom is -0.438 e. The summed E-state index contributed by atoms with van der Waals surface area (Å²) in [5.41, 5.74) is 0. The standard InChI is InChI=1S/C3H6O3.Mg/c1-5-3(4)6-2;/h1-2H3;. The Balaban J connectivity index is 0. The van der Waals surface area contributed by atoms with Crippen molar-refractivity contribution < 1.29 is 14.3 Å². The minimum absolute atomic E-state index is 0. The summed E-state index contributed by atoms with van der Waals surface area (Å²) in [5.74, 6) is 0. The quantitative estimate of drug-likeness (QED) is 0.329. The molecule has 0 unspecified atom stereocenters. The first-order chi connectivity index (χ1) is 2.81. The van der Waals surface area contributed by atoms with Crippen molar-refractivity contribution in [3.05, 3.63) is 0 Å². The molecule has 0 aromatic rings. The van der Waals surface area contributed by atoms with Gasteiger partial charge in [-0.25, -0.2) is 4.79 Å². The molecule has 7 heavy (non-hydrogen) atoms. The van der Waals surface area contributed by atoms with Crippen LogP contribution in [0.25, 0.3) is 0 Å². The van der Waals surface area contributed by atoms with Crippen LogP contribution in [0, 0.1) is 0 Å². The van der Waals surface area contributed by atoms with Gasteiger partial charge in [-0.3, -0.25) is 0 Å². The molecule has 0 spiro atoms. The van der Waals surface area contributed by atoms with Crippen LogP contribution >= 0.6 is 0 Å². The first kappa shape index (κ1) is 10.1. The maximum absolute atomic E-state index is 9.74. The molecule has 0 aliphatic rings. The number of hydrogen-bond donors (Lipinski definition) is 0. The molecular weight excluding hydrogens is 108 g/mol. The maximum Gasteiger partial charge on any atom is 0.507 e. The lowest BCUT2D eigenvalue weighted by atomic mass is 11.3. The first-order valence-electron chi connectivity index (χ1n) is 1.43. The fourth-order valence-corrected chi connectivity index (χ4v) is 0.0833. The van der Waals surface area contributed by atoms with Crippen molar-refractivity contribution in [2.75, 3.05) is 14.2 Å². The number of carbonyl (C=O) groups is 1. The summed E-state index contributed by atoms with van der Waals surface area (Å²) in [7, 11) is 2.51. The summed E-state index contributed by atoms with van der Waals surface area (Å²) in [4.78, 5) is 9.74. The summed E-state index contributed by atoms with van der Waals surface area (Å²) in [6, 6.07) is 0. The Bertz CT molecular complexity index is 48.1. The lowest BCUT2D eigenvalue weighted by Gasteiger charge is -1.89. The van der Waals surface area contributed by atoms with Crippen molar-refractivity contribution in [1.29, 1.82) is 0 Å². The predicted molar refractivity (Wildman–Crippen MR) is 25.2 cm³/mol. The van der Waals surface area contributed by atoms with Crippen LogP contribution in [-0.4, -0.2) is 43.4 Å². The number of methoxy groups -OCH3 is 2. The molecule has 0 atom stereocenters. The van der Waals surface area contributed by atoms with Gasteiger partial charge in [0.1, 0.15) is 0 Å². The highest BCUT2D eigenvalue weighted by Gasteiger charge is 1.88. The molecule has 38 valence electrons. The SMILES string of the molecule is COC(=O)OC.[Mg]. The smallest absolute Gasteiger partial charge is 0.438 e. The van der Waals surface area contributed by atoms with Crippen LogP contribution in [0.3, 0.4) is 0 Å². The highest BCUT2D eigenvalue weighted by molar-refractivity contribution is 5.75. The van der Waals surface area contributed by atoms with E-state index in [-0.39, 0.29) is 23.1 Å².